The molecule has 1 aliphatic rings. The van der Waals surface area contributed by atoms with E-state index in [1.807, 2.05) is 0 Å². The fourth-order valence-electron chi connectivity index (χ4n) is 5.05. The predicted molar refractivity (Wildman–Crippen MR) is 153 cm³/mol. The molecular formula is C27H28ClFN8O4. The minimum atomic E-state index is -1.09. The van der Waals surface area contributed by atoms with Crippen molar-refractivity contribution in [1.29, 1.82) is 0 Å². The first-order valence-electron chi connectivity index (χ1n) is 12.7. The molecule has 2 amide bonds. The first kappa shape index (κ1) is 28.1. The second-order valence-corrected chi connectivity index (χ2v) is 10.5. The molecule has 4 heterocycles. The number of phenols is 1. The Kier molecular flexibility index (Phi) is 7.41. The van der Waals surface area contributed by atoms with Gasteiger partial charge in [-0.1, -0.05) is 11.6 Å². The van der Waals surface area contributed by atoms with Crippen molar-refractivity contribution in [3.8, 4) is 16.9 Å². The summed E-state index contributed by atoms with van der Waals surface area (Å²) in [5.74, 6) is -2.81. The standard InChI is InChI=1S/C27H28ClFN8O4/c1-14-10-34(2)4-5-37(14)21-8-20(18(28)9-31-21)33-22(38)12-36-11-17(23-26(36)32-13-35(3)27(23)41)15-6-16(25(30)40)24(39)19(29)7-15/h6-9,11,13-14,39H,4-5,10,12H2,1-3H3,(H2,30,40)(H,31,33,38)/t14-/m0/s1. The lowest BCUT2D eigenvalue weighted by Gasteiger charge is -2.39. The van der Waals surface area contributed by atoms with Crippen LogP contribution >= 0.6 is 11.6 Å². The maximum Gasteiger partial charge on any atom is 0.263 e. The number of piperazine rings is 1. The summed E-state index contributed by atoms with van der Waals surface area (Å²) in [4.78, 5) is 51.3. The highest BCUT2D eigenvalue weighted by molar-refractivity contribution is 6.33. The van der Waals surface area contributed by atoms with Gasteiger partial charge in [0.25, 0.3) is 11.5 Å². The van der Waals surface area contributed by atoms with Crippen molar-refractivity contribution in [3.05, 3.63) is 63.7 Å². The minimum Gasteiger partial charge on any atom is -0.504 e. The van der Waals surface area contributed by atoms with Crippen molar-refractivity contribution in [2.45, 2.75) is 19.5 Å². The molecule has 14 heteroatoms. The Morgan fingerprint density at radius 3 is 2.68 bits per heavy atom. The fraction of sp³-hybridized carbons (Fsp3) is 0.296. The number of aromatic nitrogens is 4. The number of nitrogens with two attached hydrogens (primary N) is 1. The van der Waals surface area contributed by atoms with E-state index in [-0.39, 0.29) is 39.8 Å². The number of hydrogen-bond donors (Lipinski definition) is 3. The monoisotopic (exact) mass is 582 g/mol. The molecule has 41 heavy (non-hydrogen) atoms. The lowest BCUT2D eigenvalue weighted by molar-refractivity contribution is -0.116. The maximum absolute atomic E-state index is 14.5. The number of rotatable bonds is 6. The number of carbonyl (C=O) groups is 2. The zero-order valence-corrected chi connectivity index (χ0v) is 23.3. The lowest BCUT2D eigenvalue weighted by Crippen LogP contribution is -2.50. The summed E-state index contributed by atoms with van der Waals surface area (Å²) >= 11 is 6.37. The highest BCUT2D eigenvalue weighted by Gasteiger charge is 2.24. The lowest BCUT2D eigenvalue weighted by atomic mass is 10.0. The number of fused-ring (bicyclic) bond motifs is 1. The average Bonchev–Trinajstić information content (AvgIpc) is 3.27. The van der Waals surface area contributed by atoms with Crippen molar-refractivity contribution in [2.75, 3.05) is 36.9 Å². The van der Waals surface area contributed by atoms with Crippen LogP contribution in [0.2, 0.25) is 5.02 Å². The van der Waals surface area contributed by atoms with Crippen LogP contribution in [0.5, 0.6) is 5.75 Å². The third kappa shape index (κ3) is 5.33. The molecule has 4 N–H and O–H groups in total. The number of amides is 2. The third-order valence-electron chi connectivity index (χ3n) is 7.13. The van der Waals surface area contributed by atoms with Crippen LogP contribution in [0.1, 0.15) is 17.3 Å². The number of halogens is 2. The van der Waals surface area contributed by atoms with E-state index in [9.17, 15) is 23.9 Å². The van der Waals surface area contributed by atoms with Crippen molar-refractivity contribution >= 4 is 46.0 Å². The number of nitrogens with zero attached hydrogens (tertiary/aromatic N) is 6. The molecule has 214 valence electrons. The number of hydrogen-bond acceptors (Lipinski definition) is 8. The molecule has 0 aliphatic carbocycles. The van der Waals surface area contributed by atoms with Crippen molar-refractivity contribution in [1.82, 2.24) is 24.0 Å². The van der Waals surface area contributed by atoms with E-state index in [2.05, 4.69) is 39.1 Å². The van der Waals surface area contributed by atoms with Crippen molar-refractivity contribution < 1.29 is 19.1 Å². The average molecular weight is 583 g/mol. The Hall–Kier alpha value is -4.49. The Labute approximate surface area is 238 Å². The number of aromatic hydroxyl groups is 1. The zero-order valence-electron chi connectivity index (χ0n) is 22.6. The number of carbonyl (C=O) groups excluding carboxylic acids is 2. The summed E-state index contributed by atoms with van der Waals surface area (Å²) in [6.07, 6.45) is 4.25. The Morgan fingerprint density at radius 1 is 1.22 bits per heavy atom. The Bertz CT molecular complexity index is 1750. The van der Waals surface area contributed by atoms with Crippen LogP contribution in [-0.4, -0.2) is 73.6 Å². The van der Waals surface area contributed by atoms with Gasteiger partial charge in [-0.15, -0.1) is 0 Å². The first-order chi connectivity index (χ1) is 19.4. The van der Waals surface area contributed by atoms with Gasteiger partial charge in [-0.25, -0.2) is 14.4 Å². The Balaban J connectivity index is 1.49. The van der Waals surface area contributed by atoms with Gasteiger partial charge < -0.3 is 35.1 Å². The molecule has 1 aromatic carbocycles. The summed E-state index contributed by atoms with van der Waals surface area (Å²) < 4.78 is 17.2. The number of benzene rings is 1. The number of nitrogens with one attached hydrogen (secondary N) is 1. The zero-order chi connectivity index (χ0) is 29.6. The van der Waals surface area contributed by atoms with Crippen LogP contribution in [-0.2, 0) is 18.4 Å². The number of aryl methyl sites for hydroxylation is 1. The molecule has 0 saturated carbocycles. The summed E-state index contributed by atoms with van der Waals surface area (Å²) in [7, 11) is 3.56. The summed E-state index contributed by atoms with van der Waals surface area (Å²) in [6, 6.07) is 4.10. The van der Waals surface area contributed by atoms with Crippen LogP contribution in [0, 0.1) is 5.82 Å². The van der Waals surface area contributed by atoms with E-state index in [1.54, 1.807) is 6.07 Å². The van der Waals surface area contributed by atoms with E-state index >= 15 is 0 Å². The normalized spacial score (nSPS) is 15.8. The molecule has 0 unspecified atom stereocenters. The van der Waals surface area contributed by atoms with Crippen molar-refractivity contribution in [3.63, 3.8) is 0 Å². The van der Waals surface area contributed by atoms with Gasteiger partial charge in [0.1, 0.15) is 18.0 Å². The maximum atomic E-state index is 14.5. The van der Waals surface area contributed by atoms with Crippen LogP contribution in [0.4, 0.5) is 15.9 Å². The molecule has 1 fully saturated rings. The van der Waals surface area contributed by atoms with E-state index in [0.717, 1.165) is 25.7 Å². The molecule has 1 atom stereocenters. The molecule has 5 rings (SSSR count). The molecule has 0 spiro atoms. The second kappa shape index (κ2) is 10.8. The van der Waals surface area contributed by atoms with Gasteiger partial charge in [0.15, 0.2) is 11.6 Å². The summed E-state index contributed by atoms with van der Waals surface area (Å²) in [6.45, 7) is 4.35. The molecule has 12 nitrogen and oxygen atoms in total. The third-order valence-corrected chi connectivity index (χ3v) is 7.43. The largest absolute Gasteiger partial charge is 0.504 e. The topological polar surface area (TPSA) is 152 Å². The van der Waals surface area contributed by atoms with Gasteiger partial charge in [0, 0.05) is 50.6 Å². The highest BCUT2D eigenvalue weighted by atomic mass is 35.5. The van der Waals surface area contributed by atoms with Crippen LogP contribution in [0.15, 0.2) is 41.7 Å². The van der Waals surface area contributed by atoms with Gasteiger partial charge in [0.05, 0.1) is 34.2 Å². The van der Waals surface area contributed by atoms with Gasteiger partial charge in [0.2, 0.25) is 5.91 Å². The molecule has 0 bridgehead atoms. The predicted octanol–water partition coefficient (Wildman–Crippen LogP) is 2.17. The van der Waals surface area contributed by atoms with Gasteiger partial charge in [-0.3, -0.25) is 14.4 Å². The van der Waals surface area contributed by atoms with Crippen molar-refractivity contribution in [2.24, 2.45) is 12.8 Å². The number of likely N-dealkylation sites (N-methyl/N-ethyl adjacent to an activating group) is 1. The van der Waals surface area contributed by atoms with E-state index < -0.39 is 34.5 Å². The highest BCUT2D eigenvalue weighted by Crippen LogP contribution is 2.33. The number of anilines is 2. The number of pyridine rings is 1. The first-order valence-corrected chi connectivity index (χ1v) is 13.1. The van der Waals surface area contributed by atoms with Gasteiger partial charge in [-0.05, 0) is 31.7 Å². The van der Waals surface area contributed by atoms with Crippen LogP contribution in [0.25, 0.3) is 22.2 Å². The summed E-state index contributed by atoms with van der Waals surface area (Å²) in [5, 5.41) is 13.1. The summed E-state index contributed by atoms with van der Waals surface area (Å²) in [5.41, 5.74) is 5.25. The van der Waals surface area contributed by atoms with Crippen LogP contribution in [0.3, 0.4) is 0 Å². The molecule has 0 radical (unpaired) electrons. The number of primary amides is 1. The molecule has 1 aliphatic heterocycles. The molecule has 1 saturated heterocycles. The molecule has 3 aromatic heterocycles. The van der Waals surface area contributed by atoms with Crippen LogP contribution < -0.4 is 21.5 Å². The second-order valence-electron chi connectivity index (χ2n) is 10.1. The van der Waals surface area contributed by atoms with E-state index in [4.69, 9.17) is 17.3 Å². The minimum absolute atomic E-state index is 0.0941. The fourth-order valence-corrected chi connectivity index (χ4v) is 5.20. The quantitative estimate of drug-likeness (QED) is 0.313. The van der Waals surface area contributed by atoms with Gasteiger partial charge in [-0.2, -0.15) is 0 Å². The molecular weight excluding hydrogens is 555 g/mol. The van der Waals surface area contributed by atoms with Gasteiger partial charge >= 0.3 is 0 Å². The smallest absolute Gasteiger partial charge is 0.263 e. The SMILES string of the molecule is C[C@H]1CN(C)CCN1c1cc(NC(=O)Cn2cc(-c3cc(F)c(O)c(C(N)=O)c3)c3c(=O)n(C)cnc32)c(Cl)cn1. The Morgan fingerprint density at radius 2 is 1.98 bits per heavy atom. The van der Waals surface area contributed by atoms with E-state index in [1.165, 1.54) is 41.0 Å². The molecule has 4 aromatic rings. The van der Waals surface area contributed by atoms with E-state index in [0.29, 0.717) is 11.5 Å².